The van der Waals surface area contributed by atoms with Crippen LogP contribution in [0.4, 0.5) is 0 Å². The van der Waals surface area contributed by atoms with Crippen LogP contribution in [0.1, 0.15) is 22.6 Å². The van der Waals surface area contributed by atoms with E-state index in [4.69, 9.17) is 4.11 Å². The number of aryl methyl sites for hydroxylation is 1. The molecule has 0 saturated carbocycles. The lowest BCUT2D eigenvalue weighted by Crippen LogP contribution is -2.20. The molecule has 0 spiro atoms. The number of pyridine rings is 1. The van der Waals surface area contributed by atoms with Crippen LogP contribution >= 0.6 is 11.3 Å². The van der Waals surface area contributed by atoms with Crippen LogP contribution in [-0.4, -0.2) is 4.98 Å². The largest absolute Gasteiger partial charge is 0.242 e. The molecule has 0 radical (unpaired) electrons. The summed E-state index contributed by atoms with van der Waals surface area (Å²) in [4.78, 5) is 5.10. The second-order valence-electron chi connectivity index (χ2n) is 3.41. The van der Waals surface area contributed by atoms with Gasteiger partial charge in [-0.2, -0.15) is 0 Å². The molecule has 3 rings (SSSR count). The minimum atomic E-state index is -2.12. The van der Waals surface area contributed by atoms with Gasteiger partial charge < -0.3 is 0 Å². The van der Waals surface area contributed by atoms with Gasteiger partial charge in [0, 0.05) is 19.7 Å². The molecule has 0 bridgehead atoms. The first kappa shape index (κ1) is 5.66. The maximum absolute atomic E-state index is 7.37. The summed E-state index contributed by atoms with van der Waals surface area (Å²) in [7, 11) is 0. The topological polar surface area (TPSA) is 12.9 Å². The van der Waals surface area contributed by atoms with E-state index in [1.807, 2.05) is 6.07 Å². The first-order chi connectivity index (χ1) is 8.05. The van der Waals surface area contributed by atoms with Gasteiger partial charge in [0.05, 0.1) is 0 Å². The van der Waals surface area contributed by atoms with Crippen LogP contribution in [0.15, 0.2) is 12.1 Å². The number of hydrogen-bond acceptors (Lipinski definition) is 2. The van der Waals surface area contributed by atoms with Crippen molar-refractivity contribution in [3.63, 3.8) is 0 Å². The van der Waals surface area contributed by atoms with E-state index >= 15 is 0 Å². The molecule has 0 atom stereocenters. The average molecular weight is 204 g/mol. The Morgan fingerprint density at radius 2 is 2.29 bits per heavy atom. The van der Waals surface area contributed by atoms with Gasteiger partial charge in [-0.15, -0.1) is 11.3 Å². The van der Waals surface area contributed by atoms with Gasteiger partial charge in [0.25, 0.3) is 0 Å². The SMILES string of the molecule is [2H]C([2H])([2H])c1ccc2c3c(sc2n1)=CCCC=3. The average Bonchev–Trinajstić information content (AvgIpc) is 2.65. The molecule has 1 nitrogen and oxygen atoms in total. The summed E-state index contributed by atoms with van der Waals surface area (Å²) < 4.78 is 23.3. The van der Waals surface area contributed by atoms with Crippen molar-refractivity contribution < 1.29 is 4.11 Å². The summed E-state index contributed by atoms with van der Waals surface area (Å²) >= 11 is 1.58. The van der Waals surface area contributed by atoms with Gasteiger partial charge >= 0.3 is 0 Å². The third-order valence-electron chi connectivity index (χ3n) is 2.47. The van der Waals surface area contributed by atoms with Gasteiger partial charge in [-0.25, -0.2) is 4.98 Å². The van der Waals surface area contributed by atoms with Crippen molar-refractivity contribution in [3.8, 4) is 0 Å². The first-order valence-corrected chi connectivity index (χ1v) is 5.48. The molecule has 2 heteroatoms. The number of thiophene rings is 1. The van der Waals surface area contributed by atoms with Gasteiger partial charge in [0.1, 0.15) is 4.83 Å². The van der Waals surface area contributed by atoms with Crippen LogP contribution in [0.2, 0.25) is 0 Å². The van der Waals surface area contributed by atoms with E-state index in [9.17, 15) is 0 Å². The van der Waals surface area contributed by atoms with Gasteiger partial charge in [-0.3, -0.25) is 0 Å². The summed E-state index contributed by atoms with van der Waals surface area (Å²) in [6.07, 6.45) is 6.54. The van der Waals surface area contributed by atoms with E-state index in [-0.39, 0.29) is 5.69 Å². The smallest absolute Gasteiger partial charge is 0.124 e. The maximum Gasteiger partial charge on any atom is 0.124 e. The second-order valence-corrected chi connectivity index (χ2v) is 4.45. The molecule has 0 unspecified atom stereocenters. The third kappa shape index (κ3) is 1.11. The van der Waals surface area contributed by atoms with Crippen LogP contribution < -0.4 is 9.75 Å². The molecule has 0 aromatic carbocycles. The minimum absolute atomic E-state index is 0.184. The lowest BCUT2D eigenvalue weighted by molar-refractivity contribution is 1.13. The number of hydrogen-bond donors (Lipinski definition) is 0. The quantitative estimate of drug-likeness (QED) is 0.639. The molecule has 2 aromatic rings. The van der Waals surface area contributed by atoms with Gasteiger partial charge in [0.15, 0.2) is 0 Å². The summed E-state index contributed by atoms with van der Waals surface area (Å²) in [5.41, 5.74) is 0.184. The lowest BCUT2D eigenvalue weighted by atomic mass is 10.1. The van der Waals surface area contributed by atoms with E-state index in [1.165, 1.54) is 9.75 Å². The number of nitrogens with zero attached hydrogens (tertiary/aromatic N) is 1. The molecule has 70 valence electrons. The Kier molecular flexibility index (Phi) is 1.18. The fourth-order valence-corrected chi connectivity index (χ4v) is 2.96. The van der Waals surface area contributed by atoms with Gasteiger partial charge in [-0.05, 0) is 37.0 Å². The van der Waals surface area contributed by atoms with Gasteiger partial charge in [-0.1, -0.05) is 12.2 Å². The number of rotatable bonds is 0. The van der Waals surface area contributed by atoms with Crippen molar-refractivity contribution in [2.24, 2.45) is 0 Å². The summed E-state index contributed by atoms with van der Waals surface area (Å²) in [5.74, 6) is 0. The molecule has 1 aliphatic rings. The highest BCUT2D eigenvalue weighted by molar-refractivity contribution is 7.16. The first-order valence-electron chi connectivity index (χ1n) is 6.16. The zero-order valence-electron chi connectivity index (χ0n) is 10.6. The van der Waals surface area contributed by atoms with Gasteiger partial charge in [0.2, 0.25) is 0 Å². The van der Waals surface area contributed by atoms with Crippen molar-refractivity contribution in [2.45, 2.75) is 19.7 Å². The van der Waals surface area contributed by atoms with Crippen LogP contribution in [0.25, 0.3) is 22.4 Å². The Balaban J connectivity index is 2.34. The fraction of sp³-hybridized carbons (Fsp3) is 0.250. The Morgan fingerprint density at radius 3 is 3.21 bits per heavy atom. The molecule has 0 amide bonds. The van der Waals surface area contributed by atoms with E-state index in [2.05, 4.69) is 17.1 Å². The lowest BCUT2D eigenvalue weighted by Gasteiger charge is -1.93. The van der Waals surface area contributed by atoms with E-state index in [1.54, 1.807) is 17.4 Å². The van der Waals surface area contributed by atoms with E-state index in [0.717, 1.165) is 23.1 Å². The predicted octanol–water partition coefficient (Wildman–Crippen LogP) is 1.96. The molecule has 0 N–H and O–H groups in total. The van der Waals surface area contributed by atoms with Crippen LogP contribution in [0, 0.1) is 6.85 Å². The highest BCUT2D eigenvalue weighted by atomic mass is 32.1. The predicted molar refractivity (Wildman–Crippen MR) is 61.8 cm³/mol. The Hall–Kier alpha value is -1.15. The van der Waals surface area contributed by atoms with Crippen molar-refractivity contribution in [1.29, 1.82) is 0 Å². The van der Waals surface area contributed by atoms with Crippen molar-refractivity contribution in [3.05, 3.63) is 27.6 Å². The molecule has 2 aromatic heterocycles. The summed E-state index contributed by atoms with van der Waals surface area (Å²) in [6, 6.07) is 3.50. The molecular formula is C12H11NS. The number of aromatic nitrogens is 1. The normalized spacial score (nSPS) is 18.7. The van der Waals surface area contributed by atoms with Crippen molar-refractivity contribution in [1.82, 2.24) is 4.98 Å². The molecular weight excluding hydrogens is 190 g/mol. The molecule has 1 aliphatic carbocycles. The standard InChI is InChI=1S/C12H11NS/c1-8-6-7-10-9-4-2-3-5-11(9)14-12(10)13-8/h4-7H,2-3H2,1H3/i1D3. The zero-order chi connectivity index (χ0) is 12.0. The minimum Gasteiger partial charge on any atom is -0.242 e. The Bertz CT molecular complexity index is 697. The fourth-order valence-electron chi connectivity index (χ4n) is 1.82. The van der Waals surface area contributed by atoms with Crippen molar-refractivity contribution >= 4 is 33.7 Å². The summed E-state index contributed by atoms with van der Waals surface area (Å²) in [5, 5.41) is 2.30. The van der Waals surface area contributed by atoms with Crippen LogP contribution in [0.3, 0.4) is 0 Å². The van der Waals surface area contributed by atoms with Crippen molar-refractivity contribution in [2.75, 3.05) is 0 Å². The second kappa shape index (κ2) is 2.92. The van der Waals surface area contributed by atoms with E-state index < -0.39 is 6.85 Å². The highest BCUT2D eigenvalue weighted by Gasteiger charge is 2.04. The highest BCUT2D eigenvalue weighted by Crippen LogP contribution is 2.13. The molecule has 2 heterocycles. The Morgan fingerprint density at radius 1 is 1.36 bits per heavy atom. The zero-order valence-corrected chi connectivity index (χ0v) is 8.40. The molecule has 0 saturated heterocycles. The number of fused-ring (bicyclic) bond motifs is 3. The monoisotopic (exact) mass is 204 g/mol. The maximum atomic E-state index is 7.37. The Labute approximate surface area is 90.6 Å². The molecule has 0 aliphatic heterocycles. The van der Waals surface area contributed by atoms with Crippen LogP contribution in [-0.2, 0) is 0 Å². The third-order valence-corrected chi connectivity index (χ3v) is 3.58. The molecule has 0 fully saturated rings. The van der Waals surface area contributed by atoms with Crippen LogP contribution in [0.5, 0.6) is 0 Å². The molecule has 14 heavy (non-hydrogen) atoms. The van der Waals surface area contributed by atoms with E-state index in [0.29, 0.717) is 0 Å². The summed E-state index contributed by atoms with van der Waals surface area (Å²) in [6.45, 7) is -2.12.